The number of aromatic nitrogens is 1. The third kappa shape index (κ3) is 1.50. The molecule has 1 atom stereocenters. The number of fused-ring (bicyclic) bond motifs is 1. The minimum atomic E-state index is -0.0719. The van der Waals surface area contributed by atoms with Gasteiger partial charge in [-0.15, -0.1) is 0 Å². The third-order valence-corrected chi connectivity index (χ3v) is 2.49. The molecule has 0 fully saturated rings. The molecule has 0 aromatic carbocycles. The Morgan fingerprint density at radius 2 is 2.38 bits per heavy atom. The first kappa shape index (κ1) is 8.47. The van der Waals surface area contributed by atoms with Gasteiger partial charge < -0.3 is 10.2 Å². The molecular weight excluding hydrogens is 168 g/mol. The number of pyridine rings is 1. The van der Waals surface area contributed by atoms with Crippen molar-refractivity contribution in [1.82, 2.24) is 10.5 Å². The van der Waals surface area contributed by atoms with Crippen LogP contribution in [0.25, 0.3) is 0 Å². The monoisotopic (exact) mass is 180 g/mol. The van der Waals surface area contributed by atoms with E-state index in [4.69, 9.17) is 5.21 Å². The molecule has 0 saturated carbocycles. The highest BCUT2D eigenvalue weighted by atomic mass is 16.5. The highest BCUT2D eigenvalue weighted by Crippen LogP contribution is 2.26. The summed E-state index contributed by atoms with van der Waals surface area (Å²) in [6.07, 6.45) is 2.80. The Balaban J connectivity index is 2.46. The Morgan fingerprint density at radius 1 is 1.54 bits per heavy atom. The van der Waals surface area contributed by atoms with Crippen LogP contribution in [0.5, 0.6) is 0 Å². The van der Waals surface area contributed by atoms with Crippen molar-refractivity contribution in [2.75, 3.05) is 0 Å². The Labute approximate surface area is 75.6 Å². The molecule has 1 aromatic heterocycles. The van der Waals surface area contributed by atoms with Gasteiger partial charge in [-0.2, -0.15) is 5.48 Å². The third-order valence-electron chi connectivity index (χ3n) is 2.49. The van der Waals surface area contributed by atoms with E-state index in [0.717, 1.165) is 30.5 Å². The quantitative estimate of drug-likeness (QED) is 0.558. The Morgan fingerprint density at radius 3 is 3.15 bits per heavy atom. The van der Waals surface area contributed by atoms with E-state index in [1.54, 1.807) is 6.07 Å². The Bertz CT molecular complexity index is 359. The molecule has 1 aromatic rings. The average Bonchev–Trinajstić information content (AvgIpc) is 2.16. The molecule has 3 N–H and O–H groups in total. The predicted octanol–water partition coefficient (Wildman–Crippen LogP) is 0.731. The summed E-state index contributed by atoms with van der Waals surface area (Å²) in [7, 11) is 0. The van der Waals surface area contributed by atoms with E-state index in [2.05, 4.69) is 10.5 Å². The molecule has 4 heteroatoms. The van der Waals surface area contributed by atoms with Gasteiger partial charge in [-0.05, 0) is 24.8 Å². The van der Waals surface area contributed by atoms with Gasteiger partial charge in [0.25, 0.3) is 0 Å². The first-order valence-corrected chi connectivity index (χ1v) is 4.43. The molecule has 0 spiro atoms. The van der Waals surface area contributed by atoms with Gasteiger partial charge in [0.2, 0.25) is 5.56 Å². The summed E-state index contributed by atoms with van der Waals surface area (Å²) in [4.78, 5) is 13.8. The van der Waals surface area contributed by atoms with Crippen molar-refractivity contribution in [2.24, 2.45) is 0 Å². The van der Waals surface area contributed by atoms with E-state index in [1.807, 2.05) is 0 Å². The van der Waals surface area contributed by atoms with E-state index in [0.29, 0.717) is 0 Å². The molecular formula is C9H12N2O2. The van der Waals surface area contributed by atoms with Crippen LogP contribution in [0.3, 0.4) is 0 Å². The maximum atomic E-state index is 11.0. The number of rotatable bonds is 1. The lowest BCUT2D eigenvalue weighted by molar-refractivity contribution is 0.117. The van der Waals surface area contributed by atoms with Gasteiger partial charge in [-0.1, -0.05) is 6.07 Å². The molecule has 70 valence electrons. The second-order valence-electron chi connectivity index (χ2n) is 3.33. The fourth-order valence-electron chi connectivity index (χ4n) is 1.83. The van der Waals surface area contributed by atoms with Gasteiger partial charge >= 0.3 is 0 Å². The number of hydrogen-bond donors (Lipinski definition) is 3. The van der Waals surface area contributed by atoms with Crippen LogP contribution >= 0.6 is 0 Å². The zero-order valence-electron chi connectivity index (χ0n) is 7.21. The molecule has 1 aliphatic carbocycles. The summed E-state index contributed by atoms with van der Waals surface area (Å²) in [5, 5.41) is 8.87. The van der Waals surface area contributed by atoms with Crippen LogP contribution in [0.2, 0.25) is 0 Å². The Kier molecular flexibility index (Phi) is 2.16. The van der Waals surface area contributed by atoms with Crippen molar-refractivity contribution in [3.63, 3.8) is 0 Å². The molecule has 1 heterocycles. The summed E-state index contributed by atoms with van der Waals surface area (Å²) in [6.45, 7) is 0. The minimum absolute atomic E-state index is 0.0272. The maximum Gasteiger partial charge on any atom is 0.248 e. The molecule has 0 radical (unpaired) electrons. The minimum Gasteiger partial charge on any atom is -0.326 e. The maximum absolute atomic E-state index is 11.0. The van der Waals surface area contributed by atoms with Gasteiger partial charge in [0.1, 0.15) is 0 Å². The number of nitrogens with one attached hydrogen (secondary N) is 2. The van der Waals surface area contributed by atoms with E-state index in [9.17, 15) is 4.79 Å². The molecule has 1 aliphatic rings. The van der Waals surface area contributed by atoms with Crippen LogP contribution in [0.1, 0.15) is 30.1 Å². The molecule has 2 rings (SSSR count). The van der Waals surface area contributed by atoms with E-state index >= 15 is 0 Å². The first-order chi connectivity index (χ1) is 6.31. The van der Waals surface area contributed by atoms with Crippen LogP contribution in [0.4, 0.5) is 0 Å². The zero-order chi connectivity index (χ0) is 9.26. The van der Waals surface area contributed by atoms with Crippen molar-refractivity contribution in [3.8, 4) is 0 Å². The van der Waals surface area contributed by atoms with Crippen LogP contribution in [-0.4, -0.2) is 10.2 Å². The van der Waals surface area contributed by atoms with Crippen molar-refractivity contribution < 1.29 is 5.21 Å². The smallest absolute Gasteiger partial charge is 0.248 e. The summed E-state index contributed by atoms with van der Waals surface area (Å²) in [5.41, 5.74) is 4.14. The second kappa shape index (κ2) is 3.32. The number of hydrogen-bond acceptors (Lipinski definition) is 3. The lowest BCUT2D eigenvalue weighted by Gasteiger charge is -2.23. The number of hydroxylamine groups is 1. The zero-order valence-corrected chi connectivity index (χ0v) is 7.21. The predicted molar refractivity (Wildman–Crippen MR) is 47.7 cm³/mol. The summed E-state index contributed by atoms with van der Waals surface area (Å²) >= 11 is 0. The fourth-order valence-corrected chi connectivity index (χ4v) is 1.83. The number of H-pyrrole nitrogens is 1. The Hall–Kier alpha value is -1.13. The topological polar surface area (TPSA) is 65.1 Å². The standard InChI is InChI=1S/C9H12N2O2/c12-9-5-4-6-7(10-9)2-1-3-8(6)11-13/h4-5,8,11,13H,1-3H2,(H,10,12). The van der Waals surface area contributed by atoms with Gasteiger partial charge in [0.15, 0.2) is 0 Å². The van der Waals surface area contributed by atoms with Crippen molar-refractivity contribution in [3.05, 3.63) is 33.7 Å². The van der Waals surface area contributed by atoms with E-state index in [1.165, 1.54) is 6.07 Å². The van der Waals surface area contributed by atoms with Crippen molar-refractivity contribution in [1.29, 1.82) is 0 Å². The molecule has 13 heavy (non-hydrogen) atoms. The van der Waals surface area contributed by atoms with Crippen LogP contribution in [0, 0.1) is 0 Å². The second-order valence-corrected chi connectivity index (χ2v) is 3.33. The average molecular weight is 180 g/mol. The lowest BCUT2D eigenvalue weighted by atomic mass is 9.92. The van der Waals surface area contributed by atoms with Crippen molar-refractivity contribution in [2.45, 2.75) is 25.3 Å². The van der Waals surface area contributed by atoms with Crippen LogP contribution in [-0.2, 0) is 6.42 Å². The fraction of sp³-hybridized carbons (Fsp3) is 0.444. The summed E-state index contributed by atoms with van der Waals surface area (Å²) < 4.78 is 0. The largest absolute Gasteiger partial charge is 0.326 e. The number of aromatic amines is 1. The molecule has 4 nitrogen and oxygen atoms in total. The van der Waals surface area contributed by atoms with Gasteiger partial charge in [-0.25, -0.2) is 0 Å². The van der Waals surface area contributed by atoms with Crippen LogP contribution in [0.15, 0.2) is 16.9 Å². The molecule has 0 bridgehead atoms. The van der Waals surface area contributed by atoms with Gasteiger partial charge in [0, 0.05) is 11.8 Å². The highest BCUT2D eigenvalue weighted by molar-refractivity contribution is 5.25. The number of aryl methyl sites for hydroxylation is 1. The molecule has 0 amide bonds. The summed E-state index contributed by atoms with van der Waals surface area (Å²) in [5.74, 6) is 0. The van der Waals surface area contributed by atoms with Gasteiger partial charge in [-0.3, -0.25) is 4.79 Å². The van der Waals surface area contributed by atoms with Crippen LogP contribution < -0.4 is 11.0 Å². The lowest BCUT2D eigenvalue weighted by Crippen LogP contribution is -2.24. The molecule has 0 aliphatic heterocycles. The first-order valence-electron chi connectivity index (χ1n) is 4.43. The highest BCUT2D eigenvalue weighted by Gasteiger charge is 2.19. The summed E-state index contributed by atoms with van der Waals surface area (Å²) in [6, 6.07) is 3.25. The van der Waals surface area contributed by atoms with E-state index < -0.39 is 0 Å². The molecule has 0 saturated heterocycles. The van der Waals surface area contributed by atoms with Gasteiger partial charge in [0.05, 0.1) is 6.04 Å². The normalized spacial score (nSPS) is 21.2. The van der Waals surface area contributed by atoms with Crippen molar-refractivity contribution >= 4 is 0 Å². The SMILES string of the molecule is O=c1ccc2c([nH]1)CCCC2NO. The molecule has 1 unspecified atom stereocenters. The van der Waals surface area contributed by atoms with E-state index in [-0.39, 0.29) is 11.6 Å².